The fourth-order valence-corrected chi connectivity index (χ4v) is 4.71. The molecule has 0 radical (unpaired) electrons. The number of nitrogens with zero attached hydrogens (tertiary/aromatic N) is 3. The predicted octanol–water partition coefficient (Wildman–Crippen LogP) is 6.49. The van der Waals surface area contributed by atoms with E-state index in [-0.39, 0.29) is 11.7 Å². The summed E-state index contributed by atoms with van der Waals surface area (Å²) in [6.07, 6.45) is 0. The van der Waals surface area contributed by atoms with Gasteiger partial charge in [0.05, 0.1) is 10.8 Å². The summed E-state index contributed by atoms with van der Waals surface area (Å²) in [5, 5.41) is 15.0. The zero-order chi connectivity index (χ0) is 23.4. The average molecular weight is 546 g/mol. The Hall–Kier alpha value is -2.55. The minimum absolute atomic E-state index is 0.145. The molecule has 3 aromatic carbocycles. The van der Waals surface area contributed by atoms with Crippen molar-refractivity contribution < 1.29 is 9.53 Å². The molecule has 0 aliphatic rings. The third-order valence-electron chi connectivity index (χ3n) is 5.15. The third kappa shape index (κ3) is 5.51. The van der Waals surface area contributed by atoms with Crippen molar-refractivity contribution in [2.24, 2.45) is 0 Å². The van der Waals surface area contributed by atoms with Crippen LogP contribution in [0.2, 0.25) is 5.02 Å². The van der Waals surface area contributed by atoms with Crippen molar-refractivity contribution in [3.8, 4) is 5.75 Å². The van der Waals surface area contributed by atoms with Crippen molar-refractivity contribution in [2.75, 3.05) is 11.1 Å². The van der Waals surface area contributed by atoms with E-state index < -0.39 is 0 Å². The van der Waals surface area contributed by atoms with E-state index in [0.29, 0.717) is 34.8 Å². The van der Waals surface area contributed by atoms with Gasteiger partial charge in [-0.25, -0.2) is 0 Å². The van der Waals surface area contributed by atoms with Crippen molar-refractivity contribution in [3.05, 3.63) is 75.5 Å². The first-order valence-electron chi connectivity index (χ1n) is 10.4. The topological polar surface area (TPSA) is 69.0 Å². The number of rotatable bonds is 8. The number of hydrogen-bond acceptors (Lipinski definition) is 5. The van der Waals surface area contributed by atoms with E-state index in [2.05, 4.69) is 56.6 Å². The van der Waals surface area contributed by atoms with E-state index in [0.717, 1.165) is 15.8 Å². The molecule has 1 aromatic heterocycles. The number of fused-ring (bicyclic) bond motifs is 1. The summed E-state index contributed by atoms with van der Waals surface area (Å²) in [6.45, 7) is 5.04. The number of nitrogens with one attached hydrogen (secondary N) is 1. The van der Waals surface area contributed by atoms with Gasteiger partial charge in [0.1, 0.15) is 12.4 Å². The van der Waals surface area contributed by atoms with Crippen LogP contribution in [0.5, 0.6) is 5.75 Å². The Bertz CT molecular complexity index is 1310. The minimum atomic E-state index is -0.145. The van der Waals surface area contributed by atoms with E-state index in [1.165, 1.54) is 22.5 Å². The maximum atomic E-state index is 12.4. The lowest BCUT2D eigenvalue weighted by molar-refractivity contribution is -0.113. The van der Waals surface area contributed by atoms with Crippen molar-refractivity contribution in [3.63, 3.8) is 0 Å². The summed E-state index contributed by atoms with van der Waals surface area (Å²) in [5.41, 5.74) is 1.74. The van der Waals surface area contributed by atoms with Gasteiger partial charge in [-0.3, -0.25) is 4.79 Å². The Kier molecular flexibility index (Phi) is 7.57. The molecule has 0 saturated heterocycles. The average Bonchev–Trinajstić information content (AvgIpc) is 3.21. The SMILES string of the molecule is CCn1c(COc2ccc3ccccc3c2C)nnc1SCC(=O)Nc1ccc(Br)c(Cl)c1. The van der Waals surface area contributed by atoms with Crippen LogP contribution in [0.1, 0.15) is 18.3 Å². The number of anilines is 1. The molecule has 6 nitrogen and oxygen atoms in total. The largest absolute Gasteiger partial charge is 0.485 e. The number of aromatic nitrogens is 3. The number of carbonyl (C=O) groups is 1. The quantitative estimate of drug-likeness (QED) is 0.257. The highest BCUT2D eigenvalue weighted by Crippen LogP contribution is 2.28. The molecule has 33 heavy (non-hydrogen) atoms. The zero-order valence-electron chi connectivity index (χ0n) is 18.1. The molecule has 0 saturated carbocycles. The standard InChI is InChI=1S/C24H22BrClN4O2S/c1-3-30-22(13-32-21-11-8-16-6-4-5-7-18(16)15(21)2)28-29-24(30)33-14-23(31)27-17-9-10-19(25)20(26)12-17/h4-12H,3,13-14H2,1-2H3,(H,27,31). The summed E-state index contributed by atoms with van der Waals surface area (Å²) in [6, 6.07) is 17.6. The highest BCUT2D eigenvalue weighted by Gasteiger charge is 2.15. The van der Waals surface area contributed by atoms with E-state index in [1.807, 2.05) is 29.7 Å². The van der Waals surface area contributed by atoms with Gasteiger partial charge in [-0.05, 0) is 70.4 Å². The monoisotopic (exact) mass is 544 g/mol. The minimum Gasteiger partial charge on any atom is -0.485 e. The lowest BCUT2D eigenvalue weighted by Crippen LogP contribution is -2.15. The molecule has 0 bridgehead atoms. The number of halogens is 2. The Morgan fingerprint density at radius 1 is 1.18 bits per heavy atom. The second-order valence-corrected chi connectivity index (χ2v) is 9.51. The molecule has 1 N–H and O–H groups in total. The van der Waals surface area contributed by atoms with Crippen LogP contribution in [0, 0.1) is 6.92 Å². The molecular formula is C24H22BrClN4O2S. The van der Waals surface area contributed by atoms with Gasteiger partial charge >= 0.3 is 0 Å². The first-order chi connectivity index (χ1) is 16.0. The normalized spacial score (nSPS) is 11.0. The van der Waals surface area contributed by atoms with Crippen LogP contribution < -0.4 is 10.1 Å². The molecule has 1 heterocycles. The van der Waals surface area contributed by atoms with E-state index >= 15 is 0 Å². The van der Waals surface area contributed by atoms with Crippen LogP contribution in [-0.4, -0.2) is 26.4 Å². The van der Waals surface area contributed by atoms with Crippen molar-refractivity contribution in [1.82, 2.24) is 14.8 Å². The molecular weight excluding hydrogens is 524 g/mol. The summed E-state index contributed by atoms with van der Waals surface area (Å²) in [5.74, 6) is 1.60. The molecule has 4 rings (SSSR count). The Morgan fingerprint density at radius 2 is 2.00 bits per heavy atom. The molecule has 9 heteroatoms. The van der Waals surface area contributed by atoms with E-state index in [1.54, 1.807) is 18.2 Å². The first-order valence-corrected chi connectivity index (χ1v) is 12.5. The first kappa shape index (κ1) is 23.6. The van der Waals surface area contributed by atoms with Crippen LogP contribution in [0.3, 0.4) is 0 Å². The number of ether oxygens (including phenoxy) is 1. The van der Waals surface area contributed by atoms with Crippen LogP contribution in [0.4, 0.5) is 5.69 Å². The van der Waals surface area contributed by atoms with Crippen LogP contribution >= 0.6 is 39.3 Å². The van der Waals surface area contributed by atoms with Crippen molar-refractivity contribution in [1.29, 1.82) is 0 Å². The second-order valence-electron chi connectivity index (χ2n) is 7.31. The van der Waals surface area contributed by atoms with Gasteiger partial charge in [-0.2, -0.15) is 0 Å². The van der Waals surface area contributed by atoms with Crippen LogP contribution in [0.15, 0.2) is 64.2 Å². The molecule has 4 aromatic rings. The fourth-order valence-electron chi connectivity index (χ4n) is 3.46. The van der Waals surface area contributed by atoms with Gasteiger partial charge < -0.3 is 14.6 Å². The van der Waals surface area contributed by atoms with E-state index in [4.69, 9.17) is 16.3 Å². The van der Waals surface area contributed by atoms with Crippen molar-refractivity contribution in [2.45, 2.75) is 32.2 Å². The summed E-state index contributed by atoms with van der Waals surface area (Å²) < 4.78 is 8.83. The highest BCUT2D eigenvalue weighted by atomic mass is 79.9. The molecule has 0 unspecified atom stereocenters. The van der Waals surface area contributed by atoms with E-state index in [9.17, 15) is 4.79 Å². The second kappa shape index (κ2) is 10.6. The number of hydrogen-bond donors (Lipinski definition) is 1. The number of aryl methyl sites for hydroxylation is 1. The zero-order valence-corrected chi connectivity index (χ0v) is 21.3. The van der Waals surface area contributed by atoms with Gasteiger partial charge in [0.2, 0.25) is 5.91 Å². The molecule has 0 spiro atoms. The maximum absolute atomic E-state index is 12.4. The summed E-state index contributed by atoms with van der Waals surface area (Å²) in [4.78, 5) is 12.4. The lowest BCUT2D eigenvalue weighted by Gasteiger charge is -2.12. The van der Waals surface area contributed by atoms with Gasteiger partial charge in [-0.1, -0.05) is 53.7 Å². The molecule has 170 valence electrons. The van der Waals surface area contributed by atoms with Gasteiger partial charge in [0.25, 0.3) is 0 Å². The predicted molar refractivity (Wildman–Crippen MR) is 137 cm³/mol. The molecule has 0 fully saturated rings. The molecule has 0 aliphatic heterocycles. The maximum Gasteiger partial charge on any atom is 0.234 e. The Balaban J connectivity index is 1.39. The summed E-state index contributed by atoms with van der Waals surface area (Å²) >= 11 is 10.8. The Labute approximate surface area is 209 Å². The third-order valence-corrected chi connectivity index (χ3v) is 7.35. The fraction of sp³-hybridized carbons (Fsp3) is 0.208. The van der Waals surface area contributed by atoms with Gasteiger partial charge in [-0.15, -0.1) is 10.2 Å². The highest BCUT2D eigenvalue weighted by molar-refractivity contribution is 9.10. The smallest absolute Gasteiger partial charge is 0.234 e. The molecule has 0 aliphatic carbocycles. The van der Waals surface area contributed by atoms with Gasteiger partial charge in [0, 0.05) is 16.7 Å². The number of thioether (sulfide) groups is 1. The number of amides is 1. The van der Waals surface area contributed by atoms with Crippen molar-refractivity contribution >= 4 is 61.7 Å². The Morgan fingerprint density at radius 3 is 2.79 bits per heavy atom. The number of benzene rings is 3. The van der Waals surface area contributed by atoms with Crippen LogP contribution in [0.25, 0.3) is 10.8 Å². The lowest BCUT2D eigenvalue weighted by atomic mass is 10.0. The number of carbonyl (C=O) groups excluding carboxylic acids is 1. The molecule has 0 atom stereocenters. The van der Waals surface area contributed by atoms with Crippen LogP contribution in [-0.2, 0) is 17.9 Å². The molecule has 1 amide bonds. The van der Waals surface area contributed by atoms with Gasteiger partial charge in [0.15, 0.2) is 11.0 Å². The summed E-state index contributed by atoms with van der Waals surface area (Å²) in [7, 11) is 0.